The van der Waals surface area contributed by atoms with Crippen LogP contribution in [0.3, 0.4) is 0 Å². The quantitative estimate of drug-likeness (QED) is 0.769. The van der Waals surface area contributed by atoms with Crippen molar-refractivity contribution >= 4 is 22.6 Å². The molecule has 1 saturated carbocycles. The van der Waals surface area contributed by atoms with E-state index in [0.29, 0.717) is 28.8 Å². The van der Waals surface area contributed by atoms with E-state index in [-0.39, 0.29) is 5.56 Å². The van der Waals surface area contributed by atoms with Gasteiger partial charge in [-0.1, -0.05) is 6.92 Å². The molecule has 7 heteroatoms. The van der Waals surface area contributed by atoms with Crippen LogP contribution in [0.25, 0.3) is 16.7 Å². The smallest absolute Gasteiger partial charge is 0.251 e. The predicted molar refractivity (Wildman–Crippen MR) is 87.4 cm³/mol. The molecule has 1 aromatic carbocycles. The molecule has 6 nitrogen and oxygen atoms in total. The van der Waals surface area contributed by atoms with Crippen molar-refractivity contribution in [2.75, 3.05) is 19.6 Å². The number of halogens is 1. The molecule has 1 saturated heterocycles. The first kappa shape index (κ1) is 14.0. The summed E-state index contributed by atoms with van der Waals surface area (Å²) in [5.74, 6) is 0.720. The van der Waals surface area contributed by atoms with Gasteiger partial charge in [-0.05, 0) is 36.4 Å². The molecule has 0 radical (unpaired) electrons. The Labute approximate surface area is 137 Å². The highest BCUT2D eigenvalue weighted by molar-refractivity contribution is 6.05. The zero-order chi connectivity index (χ0) is 16.6. The number of fused-ring (bicyclic) bond motifs is 4. The Morgan fingerprint density at radius 2 is 2.17 bits per heavy atom. The lowest BCUT2D eigenvalue weighted by Crippen LogP contribution is -2.23. The maximum absolute atomic E-state index is 13.8. The molecule has 3 heterocycles. The summed E-state index contributed by atoms with van der Waals surface area (Å²) in [6.45, 7) is 5.54. The Morgan fingerprint density at radius 1 is 1.42 bits per heavy atom. The standard InChI is InChI=1S/C17H18FN5O/c1-2-22-6-11-12(7-22)14(11)10-5-20-23-15-9(16(19)24)3-8(18)4-13(15)21-17(10)23/h3-5,11-12,14,21H,2,6-7H2,1H3,(H2,19,24). The minimum Gasteiger partial charge on any atom is -0.366 e. The molecule has 2 fully saturated rings. The SMILES string of the molecule is CCN1CC2C(C1)C2c1cnn2c1[nH]c1cc(F)cc(C(N)=O)c12. The summed E-state index contributed by atoms with van der Waals surface area (Å²) in [7, 11) is 0. The predicted octanol–water partition coefficient (Wildman–Crippen LogP) is 1.72. The van der Waals surface area contributed by atoms with Crippen LogP contribution in [0.5, 0.6) is 0 Å². The normalized spacial score (nSPS) is 26.3. The first-order chi connectivity index (χ1) is 11.6. The third-order valence-electron chi connectivity index (χ3n) is 5.68. The number of likely N-dealkylation sites (tertiary alicyclic amines) is 1. The van der Waals surface area contributed by atoms with E-state index in [1.807, 2.05) is 6.20 Å². The van der Waals surface area contributed by atoms with E-state index in [2.05, 4.69) is 21.9 Å². The number of nitrogens with one attached hydrogen (secondary N) is 1. The number of H-pyrrole nitrogens is 1. The zero-order valence-corrected chi connectivity index (χ0v) is 13.3. The summed E-state index contributed by atoms with van der Waals surface area (Å²) in [5.41, 5.74) is 8.67. The molecule has 2 aromatic heterocycles. The van der Waals surface area contributed by atoms with Crippen molar-refractivity contribution in [2.45, 2.75) is 12.8 Å². The molecule has 24 heavy (non-hydrogen) atoms. The molecular formula is C17H18FN5O. The van der Waals surface area contributed by atoms with Gasteiger partial charge in [0.05, 0.1) is 17.3 Å². The van der Waals surface area contributed by atoms with Crippen LogP contribution in [0.1, 0.15) is 28.8 Å². The number of rotatable bonds is 3. The summed E-state index contributed by atoms with van der Waals surface area (Å²) in [6.07, 6.45) is 1.87. The summed E-state index contributed by atoms with van der Waals surface area (Å²) >= 11 is 0. The number of amides is 1. The number of carbonyl (C=O) groups is 1. The molecule has 3 N–H and O–H groups in total. The Kier molecular flexibility index (Phi) is 2.66. The summed E-state index contributed by atoms with van der Waals surface area (Å²) in [4.78, 5) is 17.4. The summed E-state index contributed by atoms with van der Waals surface area (Å²) < 4.78 is 15.5. The van der Waals surface area contributed by atoms with Crippen molar-refractivity contribution < 1.29 is 9.18 Å². The van der Waals surface area contributed by atoms with Crippen LogP contribution < -0.4 is 5.73 Å². The van der Waals surface area contributed by atoms with Crippen molar-refractivity contribution in [3.05, 3.63) is 35.3 Å². The monoisotopic (exact) mass is 327 g/mol. The number of hydrogen-bond acceptors (Lipinski definition) is 3. The van der Waals surface area contributed by atoms with E-state index in [0.717, 1.165) is 30.8 Å². The van der Waals surface area contributed by atoms with Crippen molar-refractivity contribution in [3.63, 3.8) is 0 Å². The fourth-order valence-electron chi connectivity index (χ4n) is 4.47. The summed E-state index contributed by atoms with van der Waals surface area (Å²) in [5, 5.41) is 4.45. The number of aromatic amines is 1. The molecule has 1 aliphatic heterocycles. The van der Waals surface area contributed by atoms with Gasteiger partial charge in [-0.25, -0.2) is 8.91 Å². The van der Waals surface area contributed by atoms with Crippen molar-refractivity contribution in [1.29, 1.82) is 0 Å². The highest BCUT2D eigenvalue weighted by Gasteiger charge is 2.56. The van der Waals surface area contributed by atoms with Crippen LogP contribution in [0.2, 0.25) is 0 Å². The maximum Gasteiger partial charge on any atom is 0.251 e. The van der Waals surface area contributed by atoms with Gasteiger partial charge < -0.3 is 15.6 Å². The lowest BCUT2D eigenvalue weighted by Gasteiger charge is -2.16. The number of aromatic nitrogens is 3. The van der Waals surface area contributed by atoms with E-state index < -0.39 is 11.7 Å². The second-order valence-corrected chi connectivity index (χ2v) is 6.90. The molecule has 1 amide bonds. The van der Waals surface area contributed by atoms with Gasteiger partial charge in [-0.15, -0.1) is 0 Å². The number of nitrogens with zero attached hydrogens (tertiary/aromatic N) is 3. The number of benzene rings is 1. The second kappa shape index (κ2) is 4.57. The van der Waals surface area contributed by atoms with Crippen LogP contribution in [0, 0.1) is 17.7 Å². The number of carbonyl (C=O) groups excluding carboxylic acids is 1. The van der Waals surface area contributed by atoms with Gasteiger partial charge in [0, 0.05) is 18.7 Å². The van der Waals surface area contributed by atoms with Gasteiger partial charge in [0.1, 0.15) is 17.0 Å². The number of piperidine rings is 1. The Morgan fingerprint density at radius 3 is 2.83 bits per heavy atom. The molecule has 0 spiro atoms. The molecule has 1 aliphatic carbocycles. The number of nitrogens with two attached hydrogens (primary N) is 1. The zero-order valence-electron chi connectivity index (χ0n) is 13.3. The third kappa shape index (κ3) is 1.73. The van der Waals surface area contributed by atoms with Crippen LogP contribution in [-0.2, 0) is 0 Å². The Balaban J connectivity index is 1.64. The molecular weight excluding hydrogens is 309 g/mol. The molecule has 3 aromatic rings. The van der Waals surface area contributed by atoms with E-state index in [1.165, 1.54) is 12.1 Å². The Hall–Kier alpha value is -2.41. The lowest BCUT2D eigenvalue weighted by atomic mass is 10.1. The number of hydrogen-bond donors (Lipinski definition) is 2. The third-order valence-corrected chi connectivity index (χ3v) is 5.68. The van der Waals surface area contributed by atoms with Crippen LogP contribution >= 0.6 is 0 Å². The van der Waals surface area contributed by atoms with E-state index in [1.54, 1.807) is 4.52 Å². The van der Waals surface area contributed by atoms with Crippen molar-refractivity contribution in [1.82, 2.24) is 19.5 Å². The number of primary amides is 1. The topological polar surface area (TPSA) is 79.4 Å². The molecule has 2 unspecified atom stereocenters. The first-order valence-electron chi connectivity index (χ1n) is 8.29. The molecule has 0 bridgehead atoms. The summed E-state index contributed by atoms with van der Waals surface area (Å²) in [6, 6.07) is 2.55. The Bertz CT molecular complexity index is 978. The highest BCUT2D eigenvalue weighted by atomic mass is 19.1. The van der Waals surface area contributed by atoms with E-state index in [4.69, 9.17) is 5.73 Å². The van der Waals surface area contributed by atoms with Gasteiger partial charge in [0.15, 0.2) is 0 Å². The van der Waals surface area contributed by atoms with Gasteiger partial charge in [0.2, 0.25) is 0 Å². The fraction of sp³-hybridized carbons (Fsp3) is 0.412. The molecule has 2 atom stereocenters. The van der Waals surface area contributed by atoms with E-state index >= 15 is 0 Å². The second-order valence-electron chi connectivity index (χ2n) is 6.90. The average Bonchev–Trinajstić information content (AvgIpc) is 2.93. The van der Waals surface area contributed by atoms with Crippen LogP contribution in [-0.4, -0.2) is 45.0 Å². The molecule has 2 aliphatic rings. The largest absolute Gasteiger partial charge is 0.366 e. The maximum atomic E-state index is 13.8. The average molecular weight is 327 g/mol. The van der Waals surface area contributed by atoms with Crippen LogP contribution in [0.4, 0.5) is 4.39 Å². The molecule has 5 rings (SSSR count). The fourth-order valence-corrected chi connectivity index (χ4v) is 4.47. The number of imidazole rings is 1. The molecule has 124 valence electrons. The minimum atomic E-state index is -0.653. The first-order valence-corrected chi connectivity index (χ1v) is 8.29. The van der Waals surface area contributed by atoms with Crippen molar-refractivity contribution in [2.24, 2.45) is 17.6 Å². The van der Waals surface area contributed by atoms with Gasteiger partial charge in [-0.3, -0.25) is 4.79 Å². The van der Waals surface area contributed by atoms with Gasteiger partial charge in [-0.2, -0.15) is 5.10 Å². The van der Waals surface area contributed by atoms with Crippen LogP contribution in [0.15, 0.2) is 18.3 Å². The van der Waals surface area contributed by atoms with Gasteiger partial charge in [0.25, 0.3) is 5.91 Å². The highest BCUT2D eigenvalue weighted by Crippen LogP contribution is 2.58. The van der Waals surface area contributed by atoms with E-state index in [9.17, 15) is 9.18 Å². The van der Waals surface area contributed by atoms with Crippen molar-refractivity contribution in [3.8, 4) is 0 Å². The van der Waals surface area contributed by atoms with Gasteiger partial charge >= 0.3 is 0 Å². The lowest BCUT2D eigenvalue weighted by molar-refractivity contribution is 0.100. The minimum absolute atomic E-state index is 0.152.